The van der Waals surface area contributed by atoms with Gasteiger partial charge >= 0.3 is 0 Å². The van der Waals surface area contributed by atoms with Crippen LogP contribution < -0.4 is 5.32 Å². The highest BCUT2D eigenvalue weighted by molar-refractivity contribution is 9.10. The number of benzene rings is 1. The van der Waals surface area contributed by atoms with E-state index in [-0.39, 0.29) is 22.1 Å². The number of amides is 1. The van der Waals surface area contributed by atoms with Crippen LogP contribution in [0.5, 0.6) is 0 Å². The van der Waals surface area contributed by atoms with E-state index in [0.717, 1.165) is 0 Å². The first-order valence-corrected chi connectivity index (χ1v) is 11.3. The molecule has 0 aliphatic heterocycles. The number of nitrogens with zero attached hydrogens (tertiary/aromatic N) is 3. The Kier molecular flexibility index (Phi) is 5.81. The summed E-state index contributed by atoms with van der Waals surface area (Å²) in [5, 5.41) is 7.60. The zero-order chi connectivity index (χ0) is 20.6. The minimum atomic E-state index is -3.13. The van der Waals surface area contributed by atoms with Crippen molar-refractivity contribution < 1.29 is 9.00 Å². The van der Waals surface area contributed by atoms with Gasteiger partial charge in [-0.3, -0.25) is 4.79 Å². The van der Waals surface area contributed by atoms with Crippen molar-refractivity contribution >= 4 is 60.5 Å². The molecule has 0 aliphatic rings. The van der Waals surface area contributed by atoms with E-state index in [1.165, 1.54) is 29.3 Å². The Hall–Kier alpha value is -1.94. The summed E-state index contributed by atoms with van der Waals surface area (Å²) in [7, 11) is -3.13. The van der Waals surface area contributed by atoms with Gasteiger partial charge in [0.15, 0.2) is 5.82 Å². The molecule has 3 aromatic rings. The zero-order valence-electron chi connectivity index (χ0n) is 14.7. The third-order valence-corrected chi connectivity index (χ3v) is 5.84. The number of rotatable bonds is 4. The van der Waals surface area contributed by atoms with Crippen molar-refractivity contribution in [1.82, 2.24) is 14.8 Å². The van der Waals surface area contributed by atoms with Crippen molar-refractivity contribution in [3.63, 3.8) is 0 Å². The molecule has 0 fully saturated rings. The first-order chi connectivity index (χ1) is 13.1. The van der Waals surface area contributed by atoms with Gasteiger partial charge in [-0.15, -0.1) is 0 Å². The number of halogens is 3. The number of hydrogen-bond donors (Lipinski definition) is 2. The van der Waals surface area contributed by atoms with Crippen LogP contribution in [-0.4, -0.2) is 31.1 Å². The second kappa shape index (κ2) is 7.82. The van der Waals surface area contributed by atoms with Crippen LogP contribution >= 0.6 is 39.1 Å². The predicted molar refractivity (Wildman–Crippen MR) is 113 cm³/mol. The van der Waals surface area contributed by atoms with E-state index in [1.54, 1.807) is 25.1 Å². The monoisotopic (exact) mass is 501 g/mol. The van der Waals surface area contributed by atoms with E-state index in [1.807, 2.05) is 0 Å². The molecule has 2 N–H and O–H groups in total. The summed E-state index contributed by atoms with van der Waals surface area (Å²) < 4.78 is 22.0. The molecule has 146 valence electrons. The van der Waals surface area contributed by atoms with Gasteiger partial charge in [-0.1, -0.05) is 23.2 Å². The van der Waals surface area contributed by atoms with Gasteiger partial charge in [0.2, 0.25) is 0 Å². The Labute approximate surface area is 180 Å². The summed E-state index contributed by atoms with van der Waals surface area (Å²) in [5.74, 6) is -0.247. The molecule has 0 aliphatic carbocycles. The van der Waals surface area contributed by atoms with Gasteiger partial charge in [0.05, 0.1) is 25.3 Å². The first-order valence-electron chi connectivity index (χ1n) is 7.79. The highest BCUT2D eigenvalue weighted by Crippen LogP contribution is 2.30. The summed E-state index contributed by atoms with van der Waals surface area (Å²) in [6.45, 7) is 1.71. The van der Waals surface area contributed by atoms with E-state index in [2.05, 4.69) is 31.3 Å². The summed E-state index contributed by atoms with van der Waals surface area (Å²) in [6.07, 6.45) is 2.80. The number of aromatic nitrogens is 3. The molecule has 28 heavy (non-hydrogen) atoms. The summed E-state index contributed by atoms with van der Waals surface area (Å²) >= 11 is 15.5. The van der Waals surface area contributed by atoms with Gasteiger partial charge in [0.25, 0.3) is 5.91 Å². The molecule has 0 spiro atoms. The molecule has 0 saturated heterocycles. The number of carbonyl (C=O) groups is 1. The molecule has 0 bridgehead atoms. The van der Waals surface area contributed by atoms with E-state index in [9.17, 15) is 9.00 Å². The van der Waals surface area contributed by atoms with E-state index < -0.39 is 15.6 Å². The van der Waals surface area contributed by atoms with Crippen molar-refractivity contribution in [3.05, 3.63) is 62.4 Å². The smallest absolute Gasteiger partial charge is 0.274 e. The predicted octanol–water partition coefficient (Wildman–Crippen LogP) is 4.93. The van der Waals surface area contributed by atoms with E-state index >= 15 is 0 Å². The maximum atomic E-state index is 13.0. The molecule has 2 heterocycles. The first kappa shape index (κ1) is 20.8. The summed E-state index contributed by atoms with van der Waals surface area (Å²) in [5.41, 5.74) is 1.01. The molecule has 3 rings (SSSR count). The van der Waals surface area contributed by atoms with Crippen molar-refractivity contribution in [2.24, 2.45) is 0 Å². The van der Waals surface area contributed by atoms with Crippen molar-refractivity contribution in [1.29, 1.82) is 4.78 Å². The lowest BCUT2D eigenvalue weighted by Gasteiger charge is -2.15. The molecule has 0 radical (unpaired) electrons. The minimum absolute atomic E-state index is 0.145. The Balaban J connectivity index is 2.09. The molecule has 11 heteroatoms. The standard InChI is InChI=1S/C17H14BrCl2N5O2S/c1-9-6-10(19)7-13(28(2,21)27)15(9)23-17(26)12-8-14(18)24-25(12)16-11(20)4-3-5-22-16/h3-8,21H,1-2H3,(H,23,26). The van der Waals surface area contributed by atoms with Crippen LogP contribution in [0.1, 0.15) is 16.1 Å². The Morgan fingerprint density at radius 3 is 2.68 bits per heavy atom. The Bertz CT molecular complexity index is 1190. The van der Waals surface area contributed by atoms with Gasteiger partial charge in [-0.25, -0.2) is 18.7 Å². The van der Waals surface area contributed by atoms with Gasteiger partial charge in [-0.05, 0) is 52.7 Å². The number of hydrogen-bond acceptors (Lipinski definition) is 5. The fraction of sp³-hybridized carbons (Fsp3) is 0.118. The Morgan fingerprint density at radius 2 is 2.04 bits per heavy atom. The largest absolute Gasteiger partial charge is 0.319 e. The van der Waals surface area contributed by atoms with Crippen LogP contribution in [0.15, 0.2) is 46.0 Å². The second-order valence-electron chi connectivity index (χ2n) is 5.97. The fourth-order valence-electron chi connectivity index (χ4n) is 2.57. The lowest BCUT2D eigenvalue weighted by atomic mass is 10.2. The molecule has 7 nitrogen and oxygen atoms in total. The SMILES string of the molecule is Cc1cc(Cl)cc(S(C)(=N)=O)c1NC(=O)c1cc(Br)nn1-c1ncccc1Cl. The fourth-order valence-corrected chi connectivity index (χ4v) is 4.43. The van der Waals surface area contributed by atoms with Crippen molar-refractivity contribution in [2.75, 3.05) is 11.6 Å². The quantitative estimate of drug-likeness (QED) is 0.527. The molecule has 1 aromatic carbocycles. The van der Waals surface area contributed by atoms with Crippen LogP contribution in [0.4, 0.5) is 5.69 Å². The molecule has 1 amide bonds. The van der Waals surface area contributed by atoms with Crippen LogP contribution in [-0.2, 0) is 9.73 Å². The Morgan fingerprint density at radius 1 is 1.32 bits per heavy atom. The normalized spacial score (nSPS) is 13.2. The number of aryl methyl sites for hydroxylation is 1. The average Bonchev–Trinajstić information content (AvgIpc) is 2.98. The maximum absolute atomic E-state index is 13.0. The summed E-state index contributed by atoms with van der Waals surface area (Å²) in [6, 6.07) is 7.85. The molecule has 2 aromatic heterocycles. The summed E-state index contributed by atoms with van der Waals surface area (Å²) in [4.78, 5) is 17.3. The zero-order valence-corrected chi connectivity index (χ0v) is 18.6. The maximum Gasteiger partial charge on any atom is 0.274 e. The highest BCUT2D eigenvalue weighted by atomic mass is 79.9. The highest BCUT2D eigenvalue weighted by Gasteiger charge is 2.22. The molecular formula is C17H14BrCl2N5O2S. The van der Waals surface area contributed by atoms with Crippen LogP contribution in [0.25, 0.3) is 5.82 Å². The second-order valence-corrected chi connectivity index (χ2v) is 9.75. The topological polar surface area (TPSA) is 101 Å². The van der Waals surface area contributed by atoms with E-state index in [0.29, 0.717) is 20.2 Å². The van der Waals surface area contributed by atoms with E-state index in [4.69, 9.17) is 28.0 Å². The molecule has 1 unspecified atom stereocenters. The number of nitrogens with one attached hydrogen (secondary N) is 2. The molecule has 1 atom stereocenters. The average molecular weight is 503 g/mol. The number of carbonyl (C=O) groups excluding carboxylic acids is 1. The molecule has 0 saturated carbocycles. The van der Waals surface area contributed by atoms with Gasteiger partial charge in [0.1, 0.15) is 10.3 Å². The van der Waals surface area contributed by atoms with Gasteiger partial charge in [-0.2, -0.15) is 5.10 Å². The van der Waals surface area contributed by atoms with Crippen LogP contribution in [0.2, 0.25) is 10.0 Å². The minimum Gasteiger partial charge on any atom is -0.319 e. The van der Waals surface area contributed by atoms with Gasteiger partial charge < -0.3 is 5.32 Å². The van der Waals surface area contributed by atoms with Gasteiger partial charge in [0, 0.05) is 23.5 Å². The van der Waals surface area contributed by atoms with Crippen molar-refractivity contribution in [3.8, 4) is 5.82 Å². The third-order valence-electron chi connectivity index (χ3n) is 3.77. The molecular weight excluding hydrogens is 489 g/mol. The third kappa shape index (κ3) is 4.22. The number of pyridine rings is 1. The van der Waals surface area contributed by atoms with Crippen molar-refractivity contribution in [2.45, 2.75) is 11.8 Å². The lowest BCUT2D eigenvalue weighted by Crippen LogP contribution is -2.19. The van der Waals surface area contributed by atoms with Crippen LogP contribution in [0.3, 0.4) is 0 Å². The lowest BCUT2D eigenvalue weighted by molar-refractivity contribution is 0.101. The van der Waals surface area contributed by atoms with Crippen LogP contribution in [0, 0.1) is 11.7 Å². The number of anilines is 1.